The van der Waals surface area contributed by atoms with E-state index in [9.17, 15) is 15.0 Å². The molecule has 6 heteroatoms. The Balaban J connectivity index is 2.60. The zero-order valence-corrected chi connectivity index (χ0v) is 8.79. The van der Waals surface area contributed by atoms with Crippen molar-refractivity contribution in [3.63, 3.8) is 0 Å². The molecule has 0 saturated carbocycles. The zero-order valence-electron chi connectivity index (χ0n) is 8.79. The predicted octanol–water partition coefficient (Wildman–Crippen LogP) is -1.61. The molecule has 0 aromatic carbocycles. The molecule has 0 radical (unpaired) electrons. The number of hydrogen-bond acceptors (Lipinski definition) is 6. The fraction of sp³-hybridized carbons (Fsp3) is 0.889. The van der Waals surface area contributed by atoms with Gasteiger partial charge in [-0.15, -0.1) is 0 Å². The summed E-state index contributed by atoms with van der Waals surface area (Å²) in [4.78, 5) is 11.4. The van der Waals surface area contributed by atoms with Gasteiger partial charge in [0.2, 0.25) is 0 Å². The van der Waals surface area contributed by atoms with Gasteiger partial charge in [0.1, 0.15) is 12.2 Å². The average molecular weight is 219 g/mol. The largest absolute Gasteiger partial charge is 0.461 e. The minimum atomic E-state index is -1.27. The van der Waals surface area contributed by atoms with Crippen LogP contribution < -0.4 is 5.73 Å². The topological polar surface area (TPSA) is 102 Å². The van der Waals surface area contributed by atoms with E-state index in [1.165, 1.54) is 0 Å². The molecule has 4 atom stereocenters. The van der Waals surface area contributed by atoms with E-state index in [0.29, 0.717) is 0 Å². The van der Waals surface area contributed by atoms with Crippen molar-refractivity contribution in [2.45, 2.75) is 44.4 Å². The van der Waals surface area contributed by atoms with Crippen molar-refractivity contribution in [3.05, 3.63) is 0 Å². The Bertz CT molecular complexity index is 233. The van der Waals surface area contributed by atoms with Gasteiger partial charge in [-0.05, 0) is 13.8 Å². The molecule has 0 unspecified atom stereocenters. The number of aliphatic hydroxyl groups is 2. The van der Waals surface area contributed by atoms with Crippen molar-refractivity contribution in [3.8, 4) is 0 Å². The minimum absolute atomic E-state index is 0.0453. The van der Waals surface area contributed by atoms with Crippen molar-refractivity contribution in [1.82, 2.24) is 0 Å². The van der Waals surface area contributed by atoms with Crippen LogP contribution in [0.1, 0.15) is 13.8 Å². The molecule has 1 rings (SSSR count). The van der Waals surface area contributed by atoms with Crippen LogP contribution in [0.2, 0.25) is 0 Å². The summed E-state index contributed by atoms with van der Waals surface area (Å²) in [5.74, 6) is -0.674. The first-order valence-corrected chi connectivity index (χ1v) is 4.89. The van der Waals surface area contributed by atoms with Gasteiger partial charge in [-0.3, -0.25) is 0 Å². The number of nitrogens with two attached hydrogens (primary N) is 1. The van der Waals surface area contributed by atoms with Gasteiger partial charge in [0, 0.05) is 6.54 Å². The second-order valence-electron chi connectivity index (χ2n) is 3.80. The highest BCUT2D eigenvalue weighted by atomic mass is 16.6. The Hall–Kier alpha value is -0.690. The quantitative estimate of drug-likeness (QED) is 0.493. The van der Waals surface area contributed by atoms with Crippen molar-refractivity contribution in [1.29, 1.82) is 0 Å². The summed E-state index contributed by atoms with van der Waals surface area (Å²) >= 11 is 0. The number of carbonyl (C=O) groups excluding carboxylic acids is 1. The Morgan fingerprint density at radius 3 is 2.47 bits per heavy atom. The van der Waals surface area contributed by atoms with E-state index in [2.05, 4.69) is 0 Å². The lowest BCUT2D eigenvalue weighted by Crippen LogP contribution is -2.38. The van der Waals surface area contributed by atoms with Gasteiger partial charge in [-0.25, -0.2) is 4.79 Å². The van der Waals surface area contributed by atoms with Crippen LogP contribution in [0.3, 0.4) is 0 Å². The smallest absolute Gasteiger partial charge is 0.338 e. The first kappa shape index (κ1) is 12.4. The van der Waals surface area contributed by atoms with E-state index < -0.39 is 30.4 Å². The third-order valence-corrected chi connectivity index (χ3v) is 2.18. The summed E-state index contributed by atoms with van der Waals surface area (Å²) < 4.78 is 9.97. The highest BCUT2D eigenvalue weighted by Crippen LogP contribution is 2.21. The highest BCUT2D eigenvalue weighted by molar-refractivity contribution is 5.76. The lowest BCUT2D eigenvalue weighted by molar-refractivity contribution is -0.163. The maximum absolute atomic E-state index is 11.4. The third kappa shape index (κ3) is 2.66. The molecule has 1 fully saturated rings. The molecule has 0 aromatic rings. The zero-order chi connectivity index (χ0) is 11.6. The fourth-order valence-electron chi connectivity index (χ4n) is 1.44. The van der Waals surface area contributed by atoms with E-state index in [1.54, 1.807) is 13.8 Å². The van der Waals surface area contributed by atoms with Crippen LogP contribution in [0.4, 0.5) is 0 Å². The second kappa shape index (κ2) is 4.89. The molecule has 1 heterocycles. The molecule has 6 nitrogen and oxygen atoms in total. The third-order valence-electron chi connectivity index (χ3n) is 2.18. The maximum Gasteiger partial charge on any atom is 0.338 e. The van der Waals surface area contributed by atoms with Gasteiger partial charge in [0.05, 0.1) is 12.2 Å². The normalized spacial score (nSPS) is 35.9. The number of hydrogen-bond donors (Lipinski definition) is 3. The number of rotatable bonds is 3. The molecule has 0 bridgehead atoms. The summed E-state index contributed by atoms with van der Waals surface area (Å²) in [7, 11) is 0. The molecular weight excluding hydrogens is 202 g/mol. The van der Waals surface area contributed by atoms with E-state index in [1.807, 2.05) is 0 Å². The van der Waals surface area contributed by atoms with Crippen LogP contribution in [0.5, 0.6) is 0 Å². The number of aliphatic hydroxyl groups excluding tert-OH is 2. The van der Waals surface area contributed by atoms with Crippen LogP contribution in [-0.4, -0.2) is 53.2 Å². The van der Waals surface area contributed by atoms with E-state index in [0.717, 1.165) is 0 Å². The van der Waals surface area contributed by atoms with Gasteiger partial charge in [-0.2, -0.15) is 0 Å². The first-order valence-electron chi connectivity index (χ1n) is 4.89. The minimum Gasteiger partial charge on any atom is -0.461 e. The molecule has 1 aliphatic rings. The lowest BCUT2D eigenvalue weighted by atomic mass is 10.1. The molecule has 0 spiro atoms. The number of carbonyl (C=O) groups is 1. The molecule has 1 aliphatic heterocycles. The van der Waals surface area contributed by atoms with Gasteiger partial charge < -0.3 is 25.4 Å². The summed E-state index contributed by atoms with van der Waals surface area (Å²) in [6, 6.07) is 0. The van der Waals surface area contributed by atoms with E-state index in [4.69, 9.17) is 15.2 Å². The second-order valence-corrected chi connectivity index (χ2v) is 3.80. The number of ether oxygens (including phenoxy) is 2. The summed E-state index contributed by atoms with van der Waals surface area (Å²) in [6.07, 6.45) is -4.56. The van der Waals surface area contributed by atoms with Crippen LogP contribution in [-0.2, 0) is 14.3 Å². The monoisotopic (exact) mass is 219 g/mol. The van der Waals surface area contributed by atoms with E-state index in [-0.39, 0.29) is 12.6 Å². The molecule has 88 valence electrons. The standard InChI is InChI=1S/C9H17NO5/c1-4(2)14-9(13)8-7(12)6(11)5(3-10)15-8/h4-8,11-12H,3,10H2,1-2H3/t5-,6-,7+,8-/m1/s1. The van der Waals surface area contributed by atoms with Crippen LogP contribution >= 0.6 is 0 Å². The summed E-state index contributed by atoms with van der Waals surface area (Å²) in [5, 5.41) is 19.0. The Morgan fingerprint density at radius 2 is 2.07 bits per heavy atom. The molecule has 1 saturated heterocycles. The first-order chi connectivity index (χ1) is 6.97. The van der Waals surface area contributed by atoms with Gasteiger partial charge in [-0.1, -0.05) is 0 Å². The molecule has 0 amide bonds. The van der Waals surface area contributed by atoms with Crippen molar-refractivity contribution < 1.29 is 24.5 Å². The number of esters is 1. The van der Waals surface area contributed by atoms with Crippen LogP contribution in [0.25, 0.3) is 0 Å². The highest BCUT2D eigenvalue weighted by Gasteiger charge is 2.46. The molecule has 0 aromatic heterocycles. The van der Waals surface area contributed by atoms with Crippen LogP contribution in [0.15, 0.2) is 0 Å². The Labute approximate surface area is 88.0 Å². The molecule has 4 N–H and O–H groups in total. The predicted molar refractivity (Wildman–Crippen MR) is 51.0 cm³/mol. The van der Waals surface area contributed by atoms with E-state index >= 15 is 0 Å². The average Bonchev–Trinajstić information content (AvgIpc) is 2.43. The lowest BCUT2D eigenvalue weighted by Gasteiger charge is -2.15. The fourth-order valence-corrected chi connectivity index (χ4v) is 1.44. The summed E-state index contributed by atoms with van der Waals surface area (Å²) in [6.45, 7) is 3.43. The summed E-state index contributed by atoms with van der Waals surface area (Å²) in [5.41, 5.74) is 5.30. The molecule has 15 heavy (non-hydrogen) atoms. The molecule has 0 aliphatic carbocycles. The van der Waals surface area contributed by atoms with Crippen LogP contribution in [0, 0.1) is 0 Å². The van der Waals surface area contributed by atoms with Gasteiger partial charge in [0.15, 0.2) is 6.10 Å². The van der Waals surface area contributed by atoms with Gasteiger partial charge >= 0.3 is 5.97 Å². The Kier molecular flexibility index (Phi) is 4.04. The van der Waals surface area contributed by atoms with Crippen molar-refractivity contribution >= 4 is 5.97 Å². The maximum atomic E-state index is 11.4. The Morgan fingerprint density at radius 1 is 1.47 bits per heavy atom. The molecular formula is C9H17NO5. The van der Waals surface area contributed by atoms with Crippen molar-refractivity contribution in [2.24, 2.45) is 5.73 Å². The van der Waals surface area contributed by atoms with Gasteiger partial charge in [0.25, 0.3) is 0 Å². The van der Waals surface area contributed by atoms with Crippen molar-refractivity contribution in [2.75, 3.05) is 6.54 Å². The SMILES string of the molecule is CC(C)OC(=O)[C@@H]1O[C@H](CN)[C@@H](O)[C@@H]1O.